The lowest BCUT2D eigenvalue weighted by atomic mass is 10.1. The van der Waals surface area contributed by atoms with Crippen molar-refractivity contribution in [1.82, 2.24) is 14.9 Å². The Bertz CT molecular complexity index is 1050. The molecule has 28 heavy (non-hydrogen) atoms. The molecule has 4 rings (SSSR count). The van der Waals surface area contributed by atoms with Crippen LogP contribution in [0.2, 0.25) is 0 Å². The second-order valence-electron chi connectivity index (χ2n) is 6.71. The van der Waals surface area contributed by atoms with Gasteiger partial charge in [-0.05, 0) is 24.3 Å². The Balaban J connectivity index is 1.46. The molecular weight excluding hydrogens is 362 g/mol. The summed E-state index contributed by atoms with van der Waals surface area (Å²) in [5.41, 5.74) is 6.73. The number of hydrogen-bond donors (Lipinski definition) is 1. The van der Waals surface area contributed by atoms with Gasteiger partial charge < -0.3 is 10.6 Å². The van der Waals surface area contributed by atoms with Crippen LogP contribution in [-0.4, -0.2) is 41.0 Å². The normalized spacial score (nSPS) is 15.0. The first-order valence-electron chi connectivity index (χ1n) is 8.93. The maximum absolute atomic E-state index is 14.2. The Labute approximate surface area is 160 Å². The van der Waals surface area contributed by atoms with Crippen LogP contribution in [0.1, 0.15) is 11.4 Å². The third kappa shape index (κ3) is 3.44. The molecule has 6 nitrogen and oxygen atoms in total. The number of nitriles is 1. The summed E-state index contributed by atoms with van der Waals surface area (Å²) in [4.78, 5) is 12.7. The highest BCUT2D eigenvalue weighted by Gasteiger charge is 2.23. The van der Waals surface area contributed by atoms with E-state index in [0.717, 1.165) is 23.0 Å². The van der Waals surface area contributed by atoms with Gasteiger partial charge in [0.25, 0.3) is 0 Å². The molecule has 0 amide bonds. The number of anilines is 2. The van der Waals surface area contributed by atoms with Crippen molar-refractivity contribution in [2.45, 2.75) is 6.54 Å². The third-order valence-electron chi connectivity index (χ3n) is 4.88. The van der Waals surface area contributed by atoms with Gasteiger partial charge in [0.15, 0.2) is 11.6 Å². The largest absolute Gasteiger partial charge is 0.383 e. The summed E-state index contributed by atoms with van der Waals surface area (Å²) in [6, 6.07) is 11.5. The zero-order valence-corrected chi connectivity index (χ0v) is 15.1. The summed E-state index contributed by atoms with van der Waals surface area (Å²) in [6.45, 7) is 2.65. The summed E-state index contributed by atoms with van der Waals surface area (Å²) in [6.07, 6.45) is 0. The lowest BCUT2D eigenvalue weighted by molar-refractivity contribution is 0.243. The first kappa shape index (κ1) is 18.1. The molecule has 2 aromatic carbocycles. The van der Waals surface area contributed by atoms with Crippen LogP contribution in [0.5, 0.6) is 0 Å². The van der Waals surface area contributed by atoms with E-state index in [2.05, 4.69) is 14.9 Å². The fourth-order valence-corrected chi connectivity index (χ4v) is 3.48. The monoisotopic (exact) mass is 380 g/mol. The van der Waals surface area contributed by atoms with Gasteiger partial charge in [0, 0.05) is 31.6 Å². The molecule has 8 heteroatoms. The van der Waals surface area contributed by atoms with Gasteiger partial charge in [0.05, 0.1) is 23.7 Å². The quantitative estimate of drug-likeness (QED) is 0.752. The van der Waals surface area contributed by atoms with Crippen LogP contribution in [0, 0.1) is 23.0 Å². The average molecular weight is 380 g/mol. The van der Waals surface area contributed by atoms with E-state index in [1.807, 2.05) is 24.3 Å². The van der Waals surface area contributed by atoms with Crippen molar-refractivity contribution in [3.05, 3.63) is 59.4 Å². The minimum Gasteiger partial charge on any atom is -0.383 e. The van der Waals surface area contributed by atoms with Crippen molar-refractivity contribution in [1.29, 1.82) is 5.26 Å². The summed E-state index contributed by atoms with van der Waals surface area (Å²) >= 11 is 0. The number of hydrogen-bond acceptors (Lipinski definition) is 6. The molecule has 0 spiro atoms. The van der Waals surface area contributed by atoms with Crippen molar-refractivity contribution in [3.8, 4) is 6.07 Å². The number of rotatable bonds is 3. The van der Waals surface area contributed by atoms with E-state index in [9.17, 15) is 8.78 Å². The van der Waals surface area contributed by atoms with Gasteiger partial charge in [-0.15, -0.1) is 0 Å². The van der Waals surface area contributed by atoms with Crippen LogP contribution in [0.25, 0.3) is 10.9 Å². The molecule has 2 N–H and O–H groups in total. The molecule has 0 aliphatic carbocycles. The van der Waals surface area contributed by atoms with Crippen molar-refractivity contribution >= 4 is 22.4 Å². The molecule has 142 valence electrons. The predicted octanol–water partition coefficient (Wildman–Crippen LogP) is 2.68. The third-order valence-corrected chi connectivity index (χ3v) is 4.88. The lowest BCUT2D eigenvalue weighted by Crippen LogP contribution is -2.46. The fourth-order valence-electron chi connectivity index (χ4n) is 3.48. The summed E-state index contributed by atoms with van der Waals surface area (Å²) in [7, 11) is 0. The number of nitrogens with zero attached hydrogens (tertiary/aromatic N) is 5. The highest BCUT2D eigenvalue weighted by molar-refractivity contribution is 5.87. The Morgan fingerprint density at radius 1 is 1.04 bits per heavy atom. The van der Waals surface area contributed by atoms with E-state index in [1.54, 1.807) is 11.0 Å². The number of nitrogens with two attached hydrogens (primary N) is 1. The minimum atomic E-state index is -0.712. The van der Waals surface area contributed by atoms with Crippen LogP contribution < -0.4 is 10.6 Å². The molecule has 1 aliphatic heterocycles. The van der Waals surface area contributed by atoms with E-state index < -0.39 is 11.6 Å². The zero-order valence-electron chi connectivity index (χ0n) is 15.1. The first-order chi connectivity index (χ1) is 13.5. The number of aromatic nitrogens is 2. The maximum atomic E-state index is 14.2. The van der Waals surface area contributed by atoms with E-state index in [-0.39, 0.29) is 11.3 Å². The summed E-state index contributed by atoms with van der Waals surface area (Å²) in [5.74, 6) is -0.354. The molecule has 1 aromatic heterocycles. The molecule has 1 aliphatic rings. The second-order valence-corrected chi connectivity index (χ2v) is 6.71. The van der Waals surface area contributed by atoms with Gasteiger partial charge in [-0.3, -0.25) is 4.90 Å². The van der Waals surface area contributed by atoms with Crippen LogP contribution >= 0.6 is 0 Å². The van der Waals surface area contributed by atoms with Gasteiger partial charge in [-0.25, -0.2) is 18.7 Å². The number of nitrogen functional groups attached to an aromatic ring is 1. The molecule has 0 saturated carbocycles. The number of piperazine rings is 1. The Morgan fingerprint density at radius 2 is 1.71 bits per heavy atom. The second kappa shape index (κ2) is 7.37. The smallest absolute Gasteiger partial charge is 0.150 e. The Morgan fingerprint density at radius 3 is 2.39 bits per heavy atom. The van der Waals surface area contributed by atoms with E-state index in [0.29, 0.717) is 44.4 Å². The first-order valence-corrected chi connectivity index (χ1v) is 8.93. The SMILES string of the molecule is N#Cc1cc(F)c(N2CCN(Cc3nc(N)c4ccccc4n3)CC2)c(F)c1. The molecule has 0 unspecified atom stereocenters. The summed E-state index contributed by atoms with van der Waals surface area (Å²) < 4.78 is 28.5. The summed E-state index contributed by atoms with van der Waals surface area (Å²) in [5, 5.41) is 9.65. The molecule has 0 atom stereocenters. The standard InChI is InChI=1S/C20H18F2N6/c21-15-9-13(11-23)10-16(22)19(15)28-7-5-27(6-8-28)12-18-25-17-4-2-1-3-14(17)20(24)26-18/h1-4,9-10H,5-8,12H2,(H2,24,25,26). The van der Waals surface area contributed by atoms with Crippen LogP contribution in [0.15, 0.2) is 36.4 Å². The van der Waals surface area contributed by atoms with Gasteiger partial charge in [-0.1, -0.05) is 12.1 Å². The molecule has 1 saturated heterocycles. The topological polar surface area (TPSA) is 82.1 Å². The maximum Gasteiger partial charge on any atom is 0.150 e. The Hall–Kier alpha value is -3.31. The average Bonchev–Trinajstić information content (AvgIpc) is 2.69. The predicted molar refractivity (Wildman–Crippen MR) is 103 cm³/mol. The van der Waals surface area contributed by atoms with Gasteiger partial charge in [0.2, 0.25) is 0 Å². The molecule has 0 bridgehead atoms. The van der Waals surface area contributed by atoms with E-state index in [4.69, 9.17) is 11.0 Å². The van der Waals surface area contributed by atoms with E-state index in [1.165, 1.54) is 0 Å². The molecular formula is C20H18F2N6. The lowest BCUT2D eigenvalue weighted by Gasteiger charge is -2.36. The molecule has 3 aromatic rings. The van der Waals surface area contributed by atoms with Crippen molar-refractivity contribution < 1.29 is 8.78 Å². The molecule has 2 heterocycles. The minimum absolute atomic E-state index is 0.0246. The van der Waals surface area contributed by atoms with Gasteiger partial charge in [-0.2, -0.15) is 5.26 Å². The van der Waals surface area contributed by atoms with Crippen LogP contribution in [-0.2, 0) is 6.54 Å². The highest BCUT2D eigenvalue weighted by atomic mass is 19.1. The highest BCUT2D eigenvalue weighted by Crippen LogP contribution is 2.26. The number of fused-ring (bicyclic) bond motifs is 1. The number of para-hydroxylation sites is 1. The van der Waals surface area contributed by atoms with Crippen molar-refractivity contribution in [3.63, 3.8) is 0 Å². The van der Waals surface area contributed by atoms with Crippen LogP contribution in [0.4, 0.5) is 20.3 Å². The Kier molecular flexibility index (Phi) is 4.75. The van der Waals surface area contributed by atoms with Crippen LogP contribution in [0.3, 0.4) is 0 Å². The van der Waals surface area contributed by atoms with Gasteiger partial charge >= 0.3 is 0 Å². The molecule has 0 radical (unpaired) electrons. The molecule has 1 fully saturated rings. The van der Waals surface area contributed by atoms with E-state index >= 15 is 0 Å². The fraction of sp³-hybridized carbons (Fsp3) is 0.250. The number of benzene rings is 2. The number of halogens is 2. The van der Waals surface area contributed by atoms with Crippen molar-refractivity contribution in [2.75, 3.05) is 36.8 Å². The van der Waals surface area contributed by atoms with Crippen molar-refractivity contribution in [2.24, 2.45) is 0 Å². The van der Waals surface area contributed by atoms with Gasteiger partial charge in [0.1, 0.15) is 17.3 Å². The zero-order chi connectivity index (χ0) is 19.7.